The second-order valence-electron chi connectivity index (χ2n) is 4.74. The van der Waals surface area contributed by atoms with Gasteiger partial charge in [-0.2, -0.15) is 4.98 Å². The Morgan fingerprint density at radius 2 is 1.83 bits per heavy atom. The van der Waals surface area contributed by atoms with Crippen molar-refractivity contribution in [3.05, 3.63) is 70.5 Å². The maximum atomic E-state index is 5.97. The van der Waals surface area contributed by atoms with E-state index in [0.717, 1.165) is 5.56 Å². The average molecular weight is 346 g/mol. The summed E-state index contributed by atoms with van der Waals surface area (Å²) in [6.45, 7) is 0.621. The molecule has 2 N–H and O–H groups in total. The van der Waals surface area contributed by atoms with Crippen molar-refractivity contribution in [2.24, 2.45) is 0 Å². The van der Waals surface area contributed by atoms with E-state index in [4.69, 9.17) is 23.2 Å². The highest BCUT2D eigenvalue weighted by molar-refractivity contribution is 6.30. The fourth-order valence-electron chi connectivity index (χ4n) is 1.92. The van der Waals surface area contributed by atoms with Gasteiger partial charge in [-0.15, -0.1) is 0 Å². The van der Waals surface area contributed by atoms with Crippen LogP contribution in [0.1, 0.15) is 5.56 Å². The van der Waals surface area contributed by atoms with Gasteiger partial charge in [-0.1, -0.05) is 35.3 Å². The van der Waals surface area contributed by atoms with Crippen molar-refractivity contribution >= 4 is 40.8 Å². The molecule has 7 heteroatoms. The zero-order chi connectivity index (χ0) is 16.1. The van der Waals surface area contributed by atoms with Crippen molar-refractivity contribution in [2.45, 2.75) is 6.54 Å². The van der Waals surface area contributed by atoms with Gasteiger partial charge in [-0.05, 0) is 35.9 Å². The van der Waals surface area contributed by atoms with Gasteiger partial charge in [0.1, 0.15) is 11.6 Å². The van der Waals surface area contributed by atoms with E-state index in [1.54, 1.807) is 30.6 Å². The highest BCUT2D eigenvalue weighted by atomic mass is 35.5. The van der Waals surface area contributed by atoms with E-state index in [0.29, 0.717) is 34.2 Å². The van der Waals surface area contributed by atoms with E-state index in [9.17, 15) is 0 Å². The number of anilines is 3. The van der Waals surface area contributed by atoms with Gasteiger partial charge in [-0.25, -0.2) is 9.97 Å². The lowest BCUT2D eigenvalue weighted by Crippen LogP contribution is -2.04. The smallest absolute Gasteiger partial charge is 0.230 e. The number of rotatable bonds is 5. The molecule has 0 unspecified atom stereocenters. The van der Waals surface area contributed by atoms with Crippen LogP contribution < -0.4 is 10.6 Å². The SMILES string of the molecule is Clc1ccc(Nc2nccc(NCc3cccc(Cl)c3)n2)nc1. The molecule has 2 aromatic heterocycles. The van der Waals surface area contributed by atoms with Crippen LogP contribution in [-0.2, 0) is 6.54 Å². The van der Waals surface area contributed by atoms with Crippen LogP contribution in [0.5, 0.6) is 0 Å². The van der Waals surface area contributed by atoms with Crippen molar-refractivity contribution in [1.29, 1.82) is 0 Å². The topological polar surface area (TPSA) is 62.7 Å². The van der Waals surface area contributed by atoms with E-state index in [-0.39, 0.29) is 0 Å². The second kappa shape index (κ2) is 7.26. The minimum atomic E-state index is 0.455. The summed E-state index contributed by atoms with van der Waals surface area (Å²) >= 11 is 11.8. The molecule has 0 aliphatic rings. The normalized spacial score (nSPS) is 10.3. The molecule has 2 heterocycles. The van der Waals surface area contributed by atoms with Gasteiger partial charge in [0.2, 0.25) is 5.95 Å². The number of nitrogens with zero attached hydrogens (tertiary/aromatic N) is 3. The summed E-state index contributed by atoms with van der Waals surface area (Å²) < 4.78 is 0. The third-order valence-electron chi connectivity index (χ3n) is 2.99. The maximum absolute atomic E-state index is 5.97. The Bertz CT molecular complexity index is 792. The Balaban J connectivity index is 1.66. The lowest BCUT2D eigenvalue weighted by Gasteiger charge is -2.08. The van der Waals surface area contributed by atoms with Gasteiger partial charge < -0.3 is 10.6 Å². The molecule has 0 saturated carbocycles. The Hall–Kier alpha value is -2.37. The third-order valence-corrected chi connectivity index (χ3v) is 3.44. The van der Waals surface area contributed by atoms with Crippen molar-refractivity contribution in [3.8, 4) is 0 Å². The number of hydrogen-bond acceptors (Lipinski definition) is 5. The molecule has 0 fully saturated rings. The average Bonchev–Trinajstić information content (AvgIpc) is 2.56. The van der Waals surface area contributed by atoms with E-state index in [1.807, 2.05) is 24.3 Å². The predicted octanol–water partition coefficient (Wildman–Crippen LogP) is 4.53. The minimum absolute atomic E-state index is 0.455. The first-order valence-corrected chi connectivity index (χ1v) is 7.64. The Morgan fingerprint density at radius 1 is 0.913 bits per heavy atom. The van der Waals surface area contributed by atoms with Crippen LogP contribution in [0.25, 0.3) is 0 Å². The van der Waals surface area contributed by atoms with Crippen molar-refractivity contribution < 1.29 is 0 Å². The molecular formula is C16H13Cl2N5. The lowest BCUT2D eigenvalue weighted by atomic mass is 10.2. The predicted molar refractivity (Wildman–Crippen MR) is 93.3 cm³/mol. The van der Waals surface area contributed by atoms with Gasteiger partial charge >= 0.3 is 0 Å². The van der Waals surface area contributed by atoms with E-state index < -0.39 is 0 Å². The lowest BCUT2D eigenvalue weighted by molar-refractivity contribution is 1.08. The number of nitrogens with one attached hydrogen (secondary N) is 2. The molecule has 0 radical (unpaired) electrons. The van der Waals surface area contributed by atoms with Crippen LogP contribution in [0.4, 0.5) is 17.6 Å². The van der Waals surface area contributed by atoms with Crippen LogP contribution in [-0.4, -0.2) is 15.0 Å². The zero-order valence-corrected chi connectivity index (χ0v) is 13.5. The summed E-state index contributed by atoms with van der Waals surface area (Å²) in [7, 11) is 0. The van der Waals surface area contributed by atoms with Gasteiger partial charge in [-0.3, -0.25) is 0 Å². The second-order valence-corrected chi connectivity index (χ2v) is 5.61. The summed E-state index contributed by atoms with van der Waals surface area (Å²) in [5, 5.41) is 7.55. The maximum Gasteiger partial charge on any atom is 0.230 e. The zero-order valence-electron chi connectivity index (χ0n) is 12.0. The standard InChI is InChI=1S/C16H13Cl2N5/c17-12-3-1-2-11(8-12)9-20-15-6-7-19-16(23-15)22-14-5-4-13(18)10-21-14/h1-8,10H,9H2,(H2,19,20,21,22,23). The van der Waals surface area contributed by atoms with Crippen molar-refractivity contribution in [3.63, 3.8) is 0 Å². The number of benzene rings is 1. The summed E-state index contributed by atoms with van der Waals surface area (Å²) in [5.41, 5.74) is 1.07. The summed E-state index contributed by atoms with van der Waals surface area (Å²) in [5.74, 6) is 1.79. The van der Waals surface area contributed by atoms with Crippen molar-refractivity contribution in [2.75, 3.05) is 10.6 Å². The fourth-order valence-corrected chi connectivity index (χ4v) is 2.25. The quantitative estimate of drug-likeness (QED) is 0.710. The minimum Gasteiger partial charge on any atom is -0.366 e. The molecule has 23 heavy (non-hydrogen) atoms. The molecule has 3 rings (SSSR count). The van der Waals surface area contributed by atoms with Gasteiger partial charge in [0.25, 0.3) is 0 Å². The fraction of sp³-hybridized carbons (Fsp3) is 0.0625. The van der Waals surface area contributed by atoms with Crippen LogP contribution in [0.15, 0.2) is 54.9 Å². The Kier molecular flexibility index (Phi) is 4.90. The largest absolute Gasteiger partial charge is 0.366 e. The number of halogens is 2. The highest BCUT2D eigenvalue weighted by Crippen LogP contribution is 2.15. The molecule has 0 aliphatic heterocycles. The molecule has 0 aliphatic carbocycles. The molecule has 0 bridgehead atoms. The molecule has 0 spiro atoms. The molecule has 0 amide bonds. The molecule has 0 saturated heterocycles. The molecule has 116 valence electrons. The van der Waals surface area contributed by atoms with E-state index >= 15 is 0 Å². The number of pyridine rings is 1. The summed E-state index contributed by atoms with van der Waals surface area (Å²) in [4.78, 5) is 12.7. The van der Waals surface area contributed by atoms with E-state index in [2.05, 4.69) is 25.6 Å². The van der Waals surface area contributed by atoms with Crippen LogP contribution in [0.3, 0.4) is 0 Å². The Morgan fingerprint density at radius 3 is 2.61 bits per heavy atom. The van der Waals surface area contributed by atoms with Gasteiger partial charge in [0.15, 0.2) is 0 Å². The third kappa shape index (κ3) is 4.55. The molecule has 5 nitrogen and oxygen atoms in total. The van der Waals surface area contributed by atoms with Crippen LogP contribution in [0.2, 0.25) is 10.0 Å². The number of aromatic nitrogens is 3. The van der Waals surface area contributed by atoms with Crippen molar-refractivity contribution in [1.82, 2.24) is 15.0 Å². The monoisotopic (exact) mass is 345 g/mol. The molecule has 1 aromatic carbocycles. The molecular weight excluding hydrogens is 333 g/mol. The first-order valence-electron chi connectivity index (χ1n) is 6.89. The first kappa shape index (κ1) is 15.5. The van der Waals surface area contributed by atoms with Gasteiger partial charge in [0, 0.05) is 24.0 Å². The van der Waals surface area contributed by atoms with Crippen LogP contribution in [0, 0.1) is 0 Å². The molecule has 3 aromatic rings. The van der Waals surface area contributed by atoms with E-state index in [1.165, 1.54) is 0 Å². The first-order chi connectivity index (χ1) is 11.2. The summed E-state index contributed by atoms with van der Waals surface area (Å²) in [6, 6.07) is 13.0. The number of hydrogen-bond donors (Lipinski definition) is 2. The molecule has 0 atom stereocenters. The summed E-state index contributed by atoms with van der Waals surface area (Å²) in [6.07, 6.45) is 3.23. The van der Waals surface area contributed by atoms with Gasteiger partial charge in [0.05, 0.1) is 5.02 Å². The highest BCUT2D eigenvalue weighted by Gasteiger charge is 2.02. The Labute approximate surface area is 143 Å². The van der Waals surface area contributed by atoms with Crippen LogP contribution >= 0.6 is 23.2 Å².